The second-order valence-electron chi connectivity index (χ2n) is 4.27. The maximum atomic E-state index is 11.6. The molecule has 0 aliphatic heterocycles. The van der Waals surface area contributed by atoms with Crippen LogP contribution in [-0.4, -0.2) is 41.3 Å². The van der Waals surface area contributed by atoms with Crippen LogP contribution in [0.1, 0.15) is 19.5 Å². The first-order chi connectivity index (χ1) is 9.51. The van der Waals surface area contributed by atoms with E-state index in [-0.39, 0.29) is 18.5 Å². The molecule has 0 aliphatic carbocycles. The summed E-state index contributed by atoms with van der Waals surface area (Å²) in [5, 5.41) is 13.9. The Morgan fingerprint density at radius 3 is 2.75 bits per heavy atom. The number of hydrogen-bond donors (Lipinski definition) is 3. The zero-order valence-electron chi connectivity index (χ0n) is 11.5. The molecule has 1 heterocycles. The van der Waals surface area contributed by atoms with E-state index in [0.717, 1.165) is 0 Å². The van der Waals surface area contributed by atoms with E-state index < -0.39 is 5.97 Å². The molecule has 0 aromatic carbocycles. The van der Waals surface area contributed by atoms with E-state index in [1.165, 1.54) is 6.20 Å². The number of amides is 2. The highest BCUT2D eigenvalue weighted by Gasteiger charge is 2.08. The van der Waals surface area contributed by atoms with E-state index in [1.807, 2.05) is 13.8 Å². The second kappa shape index (κ2) is 8.11. The molecule has 2 amide bonds. The molecule has 0 spiro atoms. The molecule has 0 saturated carbocycles. The zero-order chi connectivity index (χ0) is 15.0. The molecule has 1 aromatic heterocycles. The molecule has 20 heavy (non-hydrogen) atoms. The van der Waals surface area contributed by atoms with Crippen molar-refractivity contribution in [2.75, 3.05) is 18.5 Å². The molecule has 0 fully saturated rings. The number of carbonyl (C=O) groups excluding carboxylic acids is 1. The maximum absolute atomic E-state index is 11.6. The van der Waals surface area contributed by atoms with Gasteiger partial charge in [-0.3, -0.25) is 9.78 Å². The molecule has 1 unspecified atom stereocenters. The van der Waals surface area contributed by atoms with Crippen LogP contribution in [0, 0.1) is 0 Å². The lowest BCUT2D eigenvalue weighted by molar-refractivity contribution is -0.136. The predicted molar refractivity (Wildman–Crippen MR) is 73.7 cm³/mol. The fraction of sp³-hybridized carbons (Fsp3) is 0.462. The van der Waals surface area contributed by atoms with Gasteiger partial charge < -0.3 is 20.5 Å². The van der Waals surface area contributed by atoms with Crippen molar-refractivity contribution in [2.24, 2.45) is 0 Å². The van der Waals surface area contributed by atoms with E-state index in [1.54, 1.807) is 12.1 Å². The van der Waals surface area contributed by atoms with Crippen molar-refractivity contribution in [1.29, 1.82) is 0 Å². The highest BCUT2D eigenvalue weighted by atomic mass is 16.5. The minimum atomic E-state index is -0.944. The number of anilines is 1. The molecule has 0 radical (unpaired) electrons. The molecule has 0 aliphatic rings. The maximum Gasteiger partial charge on any atom is 0.319 e. The Balaban J connectivity index is 2.43. The normalized spacial score (nSPS) is 11.7. The molecule has 1 rings (SSSR count). The summed E-state index contributed by atoms with van der Waals surface area (Å²) >= 11 is 0. The Morgan fingerprint density at radius 2 is 2.20 bits per heavy atom. The summed E-state index contributed by atoms with van der Waals surface area (Å²) in [7, 11) is 0. The fourth-order valence-electron chi connectivity index (χ4n) is 1.49. The van der Waals surface area contributed by atoms with Crippen molar-refractivity contribution in [3.8, 4) is 0 Å². The number of rotatable bonds is 7. The highest BCUT2D eigenvalue weighted by Crippen LogP contribution is 2.06. The van der Waals surface area contributed by atoms with Gasteiger partial charge in [-0.2, -0.15) is 0 Å². The topological polar surface area (TPSA) is 101 Å². The number of pyridine rings is 1. The van der Waals surface area contributed by atoms with Crippen LogP contribution in [-0.2, 0) is 16.0 Å². The Labute approximate surface area is 117 Å². The molecular weight excluding hydrogens is 262 g/mol. The number of nitrogens with one attached hydrogen (secondary N) is 2. The number of ether oxygens (including phenoxy) is 1. The van der Waals surface area contributed by atoms with Crippen molar-refractivity contribution >= 4 is 17.7 Å². The predicted octanol–water partition coefficient (Wildman–Crippen LogP) is 1.26. The SMILES string of the molecule is CCOCC(C)NC(=O)Nc1ccc(CC(=O)O)nc1. The fourth-order valence-corrected chi connectivity index (χ4v) is 1.49. The first-order valence-electron chi connectivity index (χ1n) is 6.33. The van der Waals surface area contributed by atoms with Crippen LogP contribution >= 0.6 is 0 Å². The van der Waals surface area contributed by atoms with Gasteiger partial charge in [0.25, 0.3) is 0 Å². The lowest BCUT2D eigenvalue weighted by Crippen LogP contribution is -2.38. The first-order valence-corrected chi connectivity index (χ1v) is 6.33. The van der Waals surface area contributed by atoms with E-state index in [4.69, 9.17) is 9.84 Å². The van der Waals surface area contributed by atoms with Crippen LogP contribution in [0.5, 0.6) is 0 Å². The number of aromatic nitrogens is 1. The van der Waals surface area contributed by atoms with Gasteiger partial charge in [0.1, 0.15) is 0 Å². The highest BCUT2D eigenvalue weighted by molar-refractivity contribution is 5.89. The number of carboxylic acids is 1. The number of carbonyl (C=O) groups is 2. The Hall–Kier alpha value is -2.15. The van der Waals surface area contributed by atoms with Gasteiger partial charge in [-0.1, -0.05) is 0 Å². The van der Waals surface area contributed by atoms with Gasteiger partial charge in [0.15, 0.2) is 0 Å². The Kier molecular flexibility index (Phi) is 6.45. The summed E-state index contributed by atoms with van der Waals surface area (Å²) < 4.78 is 5.19. The van der Waals surface area contributed by atoms with Crippen LogP contribution in [0.3, 0.4) is 0 Å². The largest absolute Gasteiger partial charge is 0.481 e. The molecule has 110 valence electrons. The molecule has 1 atom stereocenters. The molecular formula is C13H19N3O4. The Morgan fingerprint density at radius 1 is 1.45 bits per heavy atom. The lowest BCUT2D eigenvalue weighted by Gasteiger charge is -2.14. The van der Waals surface area contributed by atoms with E-state index in [0.29, 0.717) is 24.6 Å². The van der Waals surface area contributed by atoms with Crippen LogP contribution in [0.2, 0.25) is 0 Å². The minimum absolute atomic E-state index is 0.103. The van der Waals surface area contributed by atoms with Gasteiger partial charge in [0.2, 0.25) is 0 Å². The van der Waals surface area contributed by atoms with Crippen LogP contribution in [0.15, 0.2) is 18.3 Å². The molecule has 7 nitrogen and oxygen atoms in total. The van der Waals surface area contributed by atoms with Crippen molar-refractivity contribution in [2.45, 2.75) is 26.3 Å². The van der Waals surface area contributed by atoms with Gasteiger partial charge >= 0.3 is 12.0 Å². The molecule has 0 saturated heterocycles. The van der Waals surface area contributed by atoms with Gasteiger partial charge in [-0.15, -0.1) is 0 Å². The standard InChI is InChI=1S/C13H19N3O4/c1-3-20-8-9(2)15-13(19)16-11-5-4-10(14-7-11)6-12(17)18/h4-5,7,9H,3,6,8H2,1-2H3,(H,17,18)(H2,15,16,19). The number of nitrogens with zero attached hydrogens (tertiary/aromatic N) is 1. The lowest BCUT2D eigenvalue weighted by atomic mass is 10.2. The summed E-state index contributed by atoms with van der Waals surface area (Å²) in [5.74, 6) is -0.944. The molecule has 3 N–H and O–H groups in total. The Bertz CT molecular complexity index is 447. The first kappa shape index (κ1) is 15.9. The van der Waals surface area contributed by atoms with Gasteiger partial charge in [0.05, 0.1) is 36.6 Å². The number of hydrogen-bond acceptors (Lipinski definition) is 4. The monoisotopic (exact) mass is 281 g/mol. The summed E-state index contributed by atoms with van der Waals surface area (Å²) in [6, 6.07) is 2.71. The van der Waals surface area contributed by atoms with Crippen LogP contribution in [0.25, 0.3) is 0 Å². The van der Waals surface area contributed by atoms with Crippen molar-refractivity contribution in [1.82, 2.24) is 10.3 Å². The molecule has 7 heteroatoms. The molecule has 0 bridgehead atoms. The minimum Gasteiger partial charge on any atom is -0.481 e. The summed E-state index contributed by atoms with van der Waals surface area (Å²) in [5.41, 5.74) is 0.938. The third-order valence-corrected chi connectivity index (χ3v) is 2.36. The summed E-state index contributed by atoms with van der Waals surface area (Å²) in [4.78, 5) is 26.1. The van der Waals surface area contributed by atoms with Crippen molar-refractivity contribution in [3.63, 3.8) is 0 Å². The smallest absolute Gasteiger partial charge is 0.319 e. The number of aliphatic carboxylic acids is 1. The summed E-state index contributed by atoms with van der Waals surface area (Å²) in [6.45, 7) is 4.77. The second-order valence-corrected chi connectivity index (χ2v) is 4.27. The van der Waals surface area contributed by atoms with Crippen molar-refractivity contribution < 1.29 is 19.4 Å². The van der Waals surface area contributed by atoms with E-state index in [2.05, 4.69) is 15.6 Å². The third-order valence-electron chi connectivity index (χ3n) is 2.36. The van der Waals surface area contributed by atoms with E-state index >= 15 is 0 Å². The molecule has 1 aromatic rings. The average molecular weight is 281 g/mol. The van der Waals surface area contributed by atoms with Crippen molar-refractivity contribution in [3.05, 3.63) is 24.0 Å². The average Bonchev–Trinajstić information content (AvgIpc) is 2.38. The van der Waals surface area contributed by atoms with E-state index in [9.17, 15) is 9.59 Å². The summed E-state index contributed by atoms with van der Waals surface area (Å²) in [6.07, 6.45) is 1.28. The third kappa shape index (κ3) is 6.14. The number of carboxylic acid groups (broad SMARTS) is 1. The van der Waals surface area contributed by atoms with Gasteiger partial charge in [0, 0.05) is 6.61 Å². The number of urea groups is 1. The van der Waals surface area contributed by atoms with Crippen LogP contribution < -0.4 is 10.6 Å². The van der Waals surface area contributed by atoms with Crippen LogP contribution in [0.4, 0.5) is 10.5 Å². The van der Waals surface area contributed by atoms with Gasteiger partial charge in [-0.25, -0.2) is 4.79 Å². The zero-order valence-corrected chi connectivity index (χ0v) is 11.5. The van der Waals surface area contributed by atoms with Gasteiger partial charge in [-0.05, 0) is 26.0 Å². The quantitative estimate of drug-likeness (QED) is 0.698.